The fourth-order valence-corrected chi connectivity index (χ4v) is 4.74. The molecule has 2 heterocycles. The zero-order valence-electron chi connectivity index (χ0n) is 18.7. The van der Waals surface area contributed by atoms with Gasteiger partial charge in [0.2, 0.25) is 0 Å². The smallest absolute Gasteiger partial charge is 0.101 e. The second kappa shape index (κ2) is 8.30. The Morgan fingerprint density at radius 2 is 1.34 bits per heavy atom. The highest BCUT2D eigenvalue weighted by Crippen LogP contribution is 2.37. The van der Waals surface area contributed by atoms with Crippen LogP contribution in [0.25, 0.3) is 49.7 Å². The summed E-state index contributed by atoms with van der Waals surface area (Å²) in [6.45, 7) is 0. The van der Waals surface area contributed by atoms with Crippen molar-refractivity contribution < 1.29 is 0 Å². The van der Waals surface area contributed by atoms with Gasteiger partial charge in [0.1, 0.15) is 6.07 Å². The summed E-state index contributed by atoms with van der Waals surface area (Å²) in [5.74, 6) is 0. The van der Waals surface area contributed by atoms with Crippen molar-refractivity contribution in [3.8, 4) is 40.1 Å². The van der Waals surface area contributed by atoms with Crippen LogP contribution in [0.5, 0.6) is 0 Å². The lowest BCUT2D eigenvalue weighted by atomic mass is 9.98. The molecule has 4 heteroatoms. The average molecular weight is 447 g/mol. The third kappa shape index (κ3) is 3.42. The largest absolute Gasteiger partial charge is 0.309 e. The molecule has 0 aliphatic rings. The van der Waals surface area contributed by atoms with Crippen molar-refractivity contribution >= 4 is 21.8 Å². The van der Waals surface area contributed by atoms with Crippen LogP contribution in [-0.2, 0) is 0 Å². The van der Waals surface area contributed by atoms with Gasteiger partial charge in [0, 0.05) is 34.3 Å². The van der Waals surface area contributed by atoms with Gasteiger partial charge in [-0.1, -0.05) is 54.6 Å². The van der Waals surface area contributed by atoms with E-state index in [4.69, 9.17) is 0 Å². The Morgan fingerprint density at radius 1 is 0.571 bits per heavy atom. The van der Waals surface area contributed by atoms with Crippen LogP contribution in [0, 0.1) is 22.7 Å². The second-order valence-electron chi connectivity index (χ2n) is 8.37. The molecule has 4 aromatic carbocycles. The summed E-state index contributed by atoms with van der Waals surface area (Å²) < 4.78 is 2.27. The number of nitrogens with zero attached hydrogens (tertiary/aromatic N) is 4. The zero-order valence-corrected chi connectivity index (χ0v) is 18.7. The maximum absolute atomic E-state index is 9.46. The third-order valence-corrected chi connectivity index (χ3v) is 6.32. The van der Waals surface area contributed by atoms with E-state index in [0.717, 1.165) is 49.7 Å². The standard InChI is InChI=1S/C31H18N4/c32-17-21-12-13-31-28(15-21)27-9-2-4-11-30(27)35(31)29-10-3-1-8-26(29)24-7-5-6-23(16-24)25-14-22(18-33)19-34-20-25/h1-16,19-20H. The molecule has 0 bridgehead atoms. The highest BCUT2D eigenvalue weighted by Gasteiger charge is 2.16. The summed E-state index contributed by atoms with van der Waals surface area (Å²) in [7, 11) is 0. The number of rotatable bonds is 3. The predicted octanol–water partition coefficient (Wildman–Crippen LogP) is 7.26. The van der Waals surface area contributed by atoms with Gasteiger partial charge >= 0.3 is 0 Å². The van der Waals surface area contributed by atoms with Gasteiger partial charge in [-0.2, -0.15) is 10.5 Å². The number of benzene rings is 4. The van der Waals surface area contributed by atoms with E-state index in [1.807, 2.05) is 60.7 Å². The van der Waals surface area contributed by atoms with Gasteiger partial charge < -0.3 is 4.57 Å². The predicted molar refractivity (Wildman–Crippen MR) is 139 cm³/mol. The molecule has 0 saturated heterocycles. The highest BCUT2D eigenvalue weighted by molar-refractivity contribution is 6.10. The molecule has 35 heavy (non-hydrogen) atoms. The fourth-order valence-electron chi connectivity index (χ4n) is 4.74. The summed E-state index contributed by atoms with van der Waals surface area (Å²) >= 11 is 0. The molecule has 0 fully saturated rings. The minimum atomic E-state index is 0.537. The average Bonchev–Trinajstić information content (AvgIpc) is 3.26. The molecule has 6 aromatic rings. The van der Waals surface area contributed by atoms with E-state index in [1.165, 1.54) is 0 Å². The van der Waals surface area contributed by atoms with Crippen LogP contribution in [0.2, 0.25) is 0 Å². The van der Waals surface area contributed by atoms with Gasteiger partial charge in [0.15, 0.2) is 0 Å². The Morgan fingerprint density at radius 3 is 2.23 bits per heavy atom. The lowest BCUT2D eigenvalue weighted by molar-refractivity contribution is 1.18. The first kappa shape index (κ1) is 20.4. The first-order valence-electron chi connectivity index (χ1n) is 11.3. The quantitative estimate of drug-likeness (QED) is 0.287. The molecule has 6 rings (SSSR count). The van der Waals surface area contributed by atoms with E-state index >= 15 is 0 Å². The van der Waals surface area contributed by atoms with Gasteiger partial charge in [-0.15, -0.1) is 0 Å². The fraction of sp³-hybridized carbons (Fsp3) is 0. The van der Waals surface area contributed by atoms with Crippen LogP contribution < -0.4 is 0 Å². The van der Waals surface area contributed by atoms with E-state index in [0.29, 0.717) is 11.1 Å². The van der Waals surface area contributed by atoms with E-state index in [9.17, 15) is 10.5 Å². The van der Waals surface area contributed by atoms with E-state index < -0.39 is 0 Å². The molecule has 2 aromatic heterocycles. The molecule has 0 aliphatic heterocycles. The van der Waals surface area contributed by atoms with Crippen molar-refractivity contribution in [2.24, 2.45) is 0 Å². The summed E-state index contributed by atoms with van der Waals surface area (Å²) in [5.41, 5.74) is 8.46. The number of para-hydroxylation sites is 2. The van der Waals surface area contributed by atoms with Crippen molar-refractivity contribution in [1.29, 1.82) is 10.5 Å². The van der Waals surface area contributed by atoms with Crippen LogP contribution in [0.1, 0.15) is 11.1 Å². The van der Waals surface area contributed by atoms with Crippen LogP contribution >= 0.6 is 0 Å². The van der Waals surface area contributed by atoms with Crippen LogP contribution in [-0.4, -0.2) is 9.55 Å². The van der Waals surface area contributed by atoms with Crippen molar-refractivity contribution in [3.05, 3.63) is 121 Å². The second-order valence-corrected chi connectivity index (χ2v) is 8.37. The minimum absolute atomic E-state index is 0.537. The maximum Gasteiger partial charge on any atom is 0.101 e. The Hall–Kier alpha value is -5.19. The molecule has 0 N–H and O–H groups in total. The number of nitriles is 2. The Bertz CT molecular complexity index is 1830. The molecule has 0 amide bonds. The molecule has 0 saturated carbocycles. The Labute approximate surface area is 202 Å². The zero-order chi connectivity index (χ0) is 23.8. The first-order valence-corrected chi connectivity index (χ1v) is 11.3. The van der Waals surface area contributed by atoms with Gasteiger partial charge in [0.05, 0.1) is 33.9 Å². The third-order valence-electron chi connectivity index (χ3n) is 6.32. The SMILES string of the molecule is N#Cc1cncc(-c2cccc(-c3ccccc3-n3c4ccccc4c4cc(C#N)ccc43)c2)c1. The summed E-state index contributed by atoms with van der Waals surface area (Å²) in [6.07, 6.45) is 3.36. The van der Waals surface area contributed by atoms with Gasteiger partial charge in [-0.3, -0.25) is 4.98 Å². The number of aromatic nitrogens is 2. The van der Waals surface area contributed by atoms with Crippen molar-refractivity contribution in [1.82, 2.24) is 9.55 Å². The summed E-state index contributed by atoms with van der Waals surface area (Å²) in [5, 5.41) is 20.9. The minimum Gasteiger partial charge on any atom is -0.309 e. The topological polar surface area (TPSA) is 65.4 Å². The number of hydrogen-bond donors (Lipinski definition) is 0. The van der Waals surface area contributed by atoms with E-state index in [1.54, 1.807) is 12.4 Å². The van der Waals surface area contributed by atoms with Crippen LogP contribution in [0.4, 0.5) is 0 Å². The van der Waals surface area contributed by atoms with E-state index in [2.05, 4.69) is 58.1 Å². The van der Waals surface area contributed by atoms with Gasteiger partial charge in [0.25, 0.3) is 0 Å². The monoisotopic (exact) mass is 446 g/mol. The number of hydrogen-bond acceptors (Lipinski definition) is 3. The molecule has 0 unspecified atom stereocenters. The van der Waals surface area contributed by atoms with Gasteiger partial charge in [-0.25, -0.2) is 0 Å². The first-order chi connectivity index (χ1) is 17.3. The van der Waals surface area contributed by atoms with Crippen molar-refractivity contribution in [2.75, 3.05) is 0 Å². The number of pyridine rings is 1. The lowest BCUT2D eigenvalue weighted by Gasteiger charge is -2.15. The number of fused-ring (bicyclic) bond motifs is 3. The molecule has 4 nitrogen and oxygen atoms in total. The molecule has 0 atom stereocenters. The molecular weight excluding hydrogens is 428 g/mol. The molecule has 0 radical (unpaired) electrons. The highest BCUT2D eigenvalue weighted by atomic mass is 15.0. The normalized spacial score (nSPS) is 10.8. The molecule has 0 aliphatic carbocycles. The molecule has 0 spiro atoms. The Balaban J connectivity index is 1.59. The molecule has 162 valence electrons. The summed E-state index contributed by atoms with van der Waals surface area (Å²) in [4.78, 5) is 4.23. The van der Waals surface area contributed by atoms with E-state index in [-0.39, 0.29) is 0 Å². The van der Waals surface area contributed by atoms with Crippen LogP contribution in [0.3, 0.4) is 0 Å². The van der Waals surface area contributed by atoms with Crippen molar-refractivity contribution in [3.63, 3.8) is 0 Å². The van der Waals surface area contributed by atoms with Crippen LogP contribution in [0.15, 0.2) is 109 Å². The molecular formula is C31H18N4. The Kier molecular flexibility index (Phi) is 4.84. The maximum atomic E-state index is 9.46. The summed E-state index contributed by atoms with van der Waals surface area (Å²) in [6, 6.07) is 37.1. The van der Waals surface area contributed by atoms with Crippen molar-refractivity contribution in [2.45, 2.75) is 0 Å². The lowest BCUT2D eigenvalue weighted by Crippen LogP contribution is -1.97. The van der Waals surface area contributed by atoms with Gasteiger partial charge in [-0.05, 0) is 53.6 Å².